The van der Waals surface area contributed by atoms with Gasteiger partial charge in [0.05, 0.1) is 11.0 Å². The topological polar surface area (TPSA) is 64.7 Å². The Balaban J connectivity index is 1.54. The number of halogens is 1. The molecule has 0 aliphatic carbocycles. The fourth-order valence-electron chi connectivity index (χ4n) is 4.64. The Morgan fingerprint density at radius 1 is 0.710 bits per heavy atom. The van der Waals surface area contributed by atoms with E-state index < -0.39 is 0 Å². The van der Waals surface area contributed by atoms with Crippen LogP contribution in [0.3, 0.4) is 0 Å². The summed E-state index contributed by atoms with van der Waals surface area (Å²) in [4.78, 5) is 2.41. The van der Waals surface area contributed by atoms with Crippen molar-refractivity contribution < 1.29 is 0 Å². The highest BCUT2D eigenvalue weighted by Gasteiger charge is 2.35. The van der Waals surface area contributed by atoms with E-state index in [0.717, 1.165) is 51.5 Å². The first-order valence-corrected chi connectivity index (χ1v) is 11.2. The van der Waals surface area contributed by atoms with Crippen molar-refractivity contribution in [2.24, 2.45) is 0 Å². The number of anilines is 1. The van der Waals surface area contributed by atoms with E-state index in [0.29, 0.717) is 0 Å². The van der Waals surface area contributed by atoms with E-state index in [2.05, 4.69) is 81.1 Å². The predicted octanol–water partition coefficient (Wildman–Crippen LogP) is 5.33. The van der Waals surface area contributed by atoms with E-state index in [1.165, 1.54) is 0 Å². The Kier molecular flexibility index (Phi) is 4.45. The molecule has 0 bridgehead atoms. The fraction of sp³-hybridized carbons (Fsp3) is 0.217. The Morgan fingerprint density at radius 2 is 1.29 bits per heavy atom. The van der Waals surface area contributed by atoms with Crippen molar-refractivity contribution in [3.05, 3.63) is 77.3 Å². The smallest absolute Gasteiger partial charge is 0.127 e. The van der Waals surface area contributed by atoms with E-state index in [9.17, 15) is 0 Å². The van der Waals surface area contributed by atoms with Crippen molar-refractivity contribution in [2.75, 3.05) is 4.90 Å². The molecule has 1 aliphatic heterocycles. The molecule has 0 saturated carbocycles. The number of nitrogens with zero attached hydrogens (tertiary/aromatic N) is 7. The molecule has 6 rings (SSSR count). The second-order valence-corrected chi connectivity index (χ2v) is 8.74. The molecule has 5 aromatic rings. The van der Waals surface area contributed by atoms with E-state index in [-0.39, 0.29) is 12.3 Å². The zero-order valence-electron chi connectivity index (χ0n) is 16.7. The lowest BCUT2D eigenvalue weighted by Crippen LogP contribution is -2.42. The van der Waals surface area contributed by atoms with E-state index >= 15 is 0 Å². The normalized spacial score (nSPS) is 19.3. The molecule has 0 amide bonds. The Hall–Kier alpha value is -3.26. The lowest BCUT2D eigenvalue weighted by molar-refractivity contribution is 0.247. The first-order chi connectivity index (χ1) is 15.3. The highest BCUT2D eigenvalue weighted by atomic mass is 79.9. The largest absolute Gasteiger partial charge is 0.327 e. The van der Waals surface area contributed by atoms with Gasteiger partial charge in [0, 0.05) is 10.2 Å². The van der Waals surface area contributed by atoms with E-state index in [1.54, 1.807) is 0 Å². The minimum Gasteiger partial charge on any atom is -0.327 e. The van der Waals surface area contributed by atoms with Crippen LogP contribution in [0, 0.1) is 0 Å². The highest BCUT2D eigenvalue weighted by Crippen LogP contribution is 2.41. The molecule has 2 atom stereocenters. The number of hydrogen-bond donors (Lipinski definition) is 0. The molecular formula is C23H20BrN7. The maximum Gasteiger partial charge on any atom is 0.127 e. The third kappa shape index (κ3) is 3.09. The fourth-order valence-corrected chi connectivity index (χ4v) is 5.02. The zero-order valence-corrected chi connectivity index (χ0v) is 18.3. The van der Waals surface area contributed by atoms with Gasteiger partial charge >= 0.3 is 0 Å². The molecule has 0 unspecified atom stereocenters. The van der Waals surface area contributed by atoms with Gasteiger partial charge in [-0.1, -0.05) is 56.7 Å². The van der Waals surface area contributed by atoms with Gasteiger partial charge < -0.3 is 4.90 Å². The van der Waals surface area contributed by atoms with Crippen molar-refractivity contribution in [2.45, 2.75) is 31.6 Å². The van der Waals surface area contributed by atoms with Gasteiger partial charge in [-0.15, -0.1) is 10.2 Å². The van der Waals surface area contributed by atoms with Gasteiger partial charge in [0.15, 0.2) is 0 Å². The summed E-state index contributed by atoms with van der Waals surface area (Å²) in [6.07, 6.45) is 3.04. The average molecular weight is 474 g/mol. The number of benzene rings is 3. The first kappa shape index (κ1) is 18.5. The van der Waals surface area contributed by atoms with Gasteiger partial charge in [-0.05, 0) is 61.7 Å². The van der Waals surface area contributed by atoms with Gasteiger partial charge in [0.1, 0.15) is 23.4 Å². The van der Waals surface area contributed by atoms with Crippen LogP contribution in [-0.4, -0.2) is 30.0 Å². The molecule has 0 spiro atoms. The van der Waals surface area contributed by atoms with Crippen molar-refractivity contribution in [3.8, 4) is 0 Å². The summed E-state index contributed by atoms with van der Waals surface area (Å²) in [5, 5.41) is 18.0. The maximum absolute atomic E-state index is 4.56. The van der Waals surface area contributed by atoms with E-state index in [4.69, 9.17) is 0 Å². The van der Waals surface area contributed by atoms with Gasteiger partial charge in [0.2, 0.25) is 0 Å². The van der Waals surface area contributed by atoms with Gasteiger partial charge in [-0.2, -0.15) is 0 Å². The van der Waals surface area contributed by atoms with Crippen LogP contribution in [0.4, 0.5) is 5.69 Å². The summed E-state index contributed by atoms with van der Waals surface area (Å²) < 4.78 is 5.16. The zero-order chi connectivity index (χ0) is 20.8. The quantitative estimate of drug-likeness (QED) is 0.354. The van der Waals surface area contributed by atoms with Crippen molar-refractivity contribution in [1.82, 2.24) is 30.0 Å². The molecule has 154 valence electrons. The van der Waals surface area contributed by atoms with Gasteiger partial charge in [-0.3, -0.25) is 0 Å². The third-order valence-electron chi connectivity index (χ3n) is 5.99. The lowest BCUT2D eigenvalue weighted by atomic mass is 10.0. The Bertz CT molecular complexity index is 1290. The Morgan fingerprint density at radius 3 is 1.87 bits per heavy atom. The van der Waals surface area contributed by atoms with Crippen LogP contribution in [0.1, 0.15) is 31.6 Å². The average Bonchev–Trinajstić information content (AvgIpc) is 3.43. The van der Waals surface area contributed by atoms with Crippen molar-refractivity contribution >= 4 is 43.7 Å². The summed E-state index contributed by atoms with van der Waals surface area (Å²) >= 11 is 3.65. The van der Waals surface area contributed by atoms with Gasteiger partial charge in [0.25, 0.3) is 0 Å². The molecule has 7 nitrogen and oxygen atoms in total. The van der Waals surface area contributed by atoms with Crippen LogP contribution in [0.15, 0.2) is 77.3 Å². The van der Waals surface area contributed by atoms with Crippen molar-refractivity contribution in [3.63, 3.8) is 0 Å². The molecule has 1 saturated heterocycles. The molecule has 0 radical (unpaired) electrons. The van der Waals surface area contributed by atoms with Crippen molar-refractivity contribution in [1.29, 1.82) is 0 Å². The second kappa shape index (κ2) is 7.46. The molecule has 3 heterocycles. The molecule has 1 aliphatic rings. The first-order valence-electron chi connectivity index (χ1n) is 10.4. The minimum atomic E-state index is 0.0170. The number of rotatable bonds is 3. The van der Waals surface area contributed by atoms with Crippen LogP contribution in [0.5, 0.6) is 0 Å². The molecular weight excluding hydrogens is 454 g/mol. The lowest BCUT2D eigenvalue weighted by Gasteiger charge is -2.43. The third-order valence-corrected chi connectivity index (χ3v) is 6.49. The van der Waals surface area contributed by atoms with Crippen LogP contribution in [0.25, 0.3) is 22.1 Å². The molecule has 8 heteroatoms. The monoisotopic (exact) mass is 473 g/mol. The molecule has 0 N–H and O–H groups in total. The van der Waals surface area contributed by atoms with E-state index in [1.807, 2.05) is 42.5 Å². The number of piperidine rings is 1. The van der Waals surface area contributed by atoms with Gasteiger partial charge in [-0.25, -0.2) is 9.36 Å². The summed E-state index contributed by atoms with van der Waals surface area (Å²) in [6, 6.07) is 24.7. The summed E-state index contributed by atoms with van der Waals surface area (Å²) in [5.41, 5.74) is 5.01. The van der Waals surface area contributed by atoms with Crippen LogP contribution < -0.4 is 4.90 Å². The standard InChI is InChI=1S/C23H20BrN7/c24-16-7-5-8-17(15-16)29-22(30-20-11-3-1-9-18(20)25-27-30)13-6-14-23(29)31-21-12-4-2-10-19(21)26-28-31/h1-5,7-12,15,22-23H,6,13-14H2/t22-,23-/m0/s1. The molecule has 1 fully saturated rings. The number of fused-ring (bicyclic) bond motifs is 2. The SMILES string of the molecule is Brc1cccc(N2[C@@H](n3nnc4ccccc43)CCC[C@@H]2n2nnc3ccccc32)c1. The Labute approximate surface area is 187 Å². The summed E-state index contributed by atoms with van der Waals surface area (Å²) in [5.74, 6) is 0. The minimum absolute atomic E-state index is 0.0170. The number of para-hydroxylation sites is 2. The highest BCUT2D eigenvalue weighted by molar-refractivity contribution is 9.10. The summed E-state index contributed by atoms with van der Waals surface area (Å²) in [7, 11) is 0. The maximum atomic E-state index is 4.56. The summed E-state index contributed by atoms with van der Waals surface area (Å²) in [6.45, 7) is 0. The van der Waals surface area contributed by atoms with Crippen LogP contribution in [-0.2, 0) is 0 Å². The number of hydrogen-bond acceptors (Lipinski definition) is 5. The van der Waals surface area contributed by atoms with Crippen LogP contribution >= 0.6 is 15.9 Å². The van der Waals surface area contributed by atoms with Crippen LogP contribution in [0.2, 0.25) is 0 Å². The number of aromatic nitrogens is 6. The molecule has 31 heavy (non-hydrogen) atoms. The predicted molar refractivity (Wildman–Crippen MR) is 124 cm³/mol. The molecule has 3 aromatic carbocycles. The molecule has 2 aromatic heterocycles. The second-order valence-electron chi connectivity index (χ2n) is 7.82.